The van der Waals surface area contributed by atoms with Gasteiger partial charge in [-0.15, -0.1) is 0 Å². The molecule has 2 heterocycles. The zero-order valence-corrected chi connectivity index (χ0v) is 18.5. The molecule has 9 nitrogen and oxygen atoms in total. The summed E-state index contributed by atoms with van der Waals surface area (Å²) in [6.45, 7) is 3.79. The maximum absolute atomic E-state index is 12.6. The number of nitrogens with zero attached hydrogens (tertiary/aromatic N) is 1. The molecule has 0 saturated carbocycles. The van der Waals surface area contributed by atoms with Gasteiger partial charge in [0.1, 0.15) is 23.5 Å². The van der Waals surface area contributed by atoms with Gasteiger partial charge in [0, 0.05) is 23.0 Å². The number of esters is 2. The highest BCUT2D eigenvalue weighted by molar-refractivity contribution is 8.03. The van der Waals surface area contributed by atoms with E-state index >= 15 is 0 Å². The van der Waals surface area contributed by atoms with Gasteiger partial charge >= 0.3 is 11.9 Å². The summed E-state index contributed by atoms with van der Waals surface area (Å²) in [5, 5.41) is 5.26. The summed E-state index contributed by atoms with van der Waals surface area (Å²) in [5.74, 6) is -0.174. The molecule has 0 spiro atoms. The van der Waals surface area contributed by atoms with Crippen LogP contribution in [0.1, 0.15) is 34.8 Å². The van der Waals surface area contributed by atoms with Crippen molar-refractivity contribution in [1.29, 1.82) is 0 Å². The maximum Gasteiger partial charge on any atom is 0.329 e. The first-order valence-electron chi connectivity index (χ1n) is 9.53. The number of rotatable bonds is 4. The van der Waals surface area contributed by atoms with Crippen LogP contribution in [0, 0.1) is 0 Å². The molecule has 30 heavy (non-hydrogen) atoms. The Morgan fingerprint density at radius 1 is 0.933 bits per heavy atom. The van der Waals surface area contributed by atoms with Crippen LogP contribution < -0.4 is 10.6 Å². The summed E-state index contributed by atoms with van der Waals surface area (Å²) in [5.41, 5.74) is -0.0299. The molecule has 11 heteroatoms. The standard InChI is InChI=1S/C19H25N3O6S2/c1-3-27-18(25)14-10-29-8-9-30-11-15(19(26)28-4-2)22-17(24)13-7-5-6-12(20-13)16(23)21-14/h5-7,14-15H,3-4,8-11H2,1-2H3,(H,21,23)(H,22,24)/t14-,15-/m0/s1. The van der Waals surface area contributed by atoms with Crippen LogP contribution in [-0.4, -0.2) is 77.0 Å². The summed E-state index contributed by atoms with van der Waals surface area (Å²) < 4.78 is 10.1. The first-order valence-corrected chi connectivity index (χ1v) is 11.8. The molecule has 2 bridgehead atoms. The molecular formula is C19H25N3O6S2. The van der Waals surface area contributed by atoms with Crippen molar-refractivity contribution in [1.82, 2.24) is 15.6 Å². The number of aromatic nitrogens is 1. The second kappa shape index (κ2) is 12.4. The molecule has 164 valence electrons. The van der Waals surface area contributed by atoms with Gasteiger partial charge in [-0.05, 0) is 26.0 Å². The van der Waals surface area contributed by atoms with Crippen LogP contribution in [0.2, 0.25) is 0 Å². The Morgan fingerprint density at radius 3 is 1.77 bits per heavy atom. The Labute approximate surface area is 183 Å². The van der Waals surface area contributed by atoms with Gasteiger partial charge in [0.2, 0.25) is 0 Å². The fourth-order valence-corrected chi connectivity index (χ4v) is 4.68. The predicted octanol–water partition coefficient (Wildman–Crippen LogP) is 0.885. The summed E-state index contributed by atoms with van der Waals surface area (Å²) in [6.07, 6.45) is 0. The Hall–Kier alpha value is -2.27. The number of carbonyl (C=O) groups excluding carboxylic acids is 4. The number of nitrogens with one attached hydrogen (secondary N) is 2. The van der Waals surface area contributed by atoms with Crippen LogP contribution in [0.3, 0.4) is 0 Å². The third-order valence-electron chi connectivity index (χ3n) is 3.91. The van der Waals surface area contributed by atoms with Gasteiger partial charge < -0.3 is 20.1 Å². The monoisotopic (exact) mass is 455 g/mol. The number of pyridine rings is 1. The third-order valence-corrected chi connectivity index (χ3v) is 6.29. The van der Waals surface area contributed by atoms with Crippen LogP contribution in [0.25, 0.3) is 0 Å². The largest absolute Gasteiger partial charge is 0.464 e. The van der Waals surface area contributed by atoms with Gasteiger partial charge in [-0.25, -0.2) is 14.6 Å². The molecule has 0 fully saturated rings. The van der Waals surface area contributed by atoms with E-state index in [9.17, 15) is 19.2 Å². The minimum Gasteiger partial charge on any atom is -0.464 e. The number of ether oxygens (including phenoxy) is 2. The molecular weight excluding hydrogens is 430 g/mol. The highest BCUT2D eigenvalue weighted by atomic mass is 32.2. The topological polar surface area (TPSA) is 124 Å². The Bertz CT molecular complexity index is 717. The van der Waals surface area contributed by atoms with Gasteiger partial charge in [-0.2, -0.15) is 23.5 Å². The number of hydrogen-bond acceptors (Lipinski definition) is 9. The lowest BCUT2D eigenvalue weighted by molar-refractivity contribution is -0.145. The zero-order valence-electron chi connectivity index (χ0n) is 16.8. The van der Waals surface area contributed by atoms with E-state index in [0.717, 1.165) is 0 Å². The fraction of sp³-hybridized carbons (Fsp3) is 0.526. The molecule has 0 unspecified atom stereocenters. The molecule has 0 saturated heterocycles. The quantitative estimate of drug-likeness (QED) is 0.637. The van der Waals surface area contributed by atoms with Crippen molar-refractivity contribution in [2.75, 3.05) is 36.2 Å². The number of fused-ring (bicyclic) bond motifs is 2. The smallest absolute Gasteiger partial charge is 0.329 e. The van der Waals surface area contributed by atoms with E-state index in [1.807, 2.05) is 0 Å². The summed E-state index contributed by atoms with van der Waals surface area (Å²) in [4.78, 5) is 53.7. The normalized spacial score (nSPS) is 20.7. The second-order valence-corrected chi connectivity index (χ2v) is 8.41. The van der Waals surface area contributed by atoms with Crippen LogP contribution in [0.4, 0.5) is 0 Å². The van der Waals surface area contributed by atoms with Crippen LogP contribution in [-0.2, 0) is 19.1 Å². The molecule has 1 aliphatic rings. The van der Waals surface area contributed by atoms with E-state index in [4.69, 9.17) is 9.47 Å². The molecule has 2 N–H and O–H groups in total. The first kappa shape index (κ1) is 24.0. The van der Waals surface area contributed by atoms with Gasteiger partial charge in [-0.1, -0.05) is 6.07 Å². The van der Waals surface area contributed by atoms with E-state index < -0.39 is 35.8 Å². The van der Waals surface area contributed by atoms with E-state index in [0.29, 0.717) is 23.0 Å². The van der Waals surface area contributed by atoms with Crippen molar-refractivity contribution >= 4 is 47.3 Å². The molecule has 2 atom stereocenters. The predicted molar refractivity (Wildman–Crippen MR) is 115 cm³/mol. The van der Waals surface area contributed by atoms with E-state index in [2.05, 4.69) is 15.6 Å². The van der Waals surface area contributed by atoms with Gasteiger partial charge in [0.15, 0.2) is 0 Å². The Kier molecular flexibility index (Phi) is 9.95. The fourth-order valence-electron chi connectivity index (χ4n) is 2.50. The van der Waals surface area contributed by atoms with Crippen molar-refractivity contribution in [3.8, 4) is 0 Å². The van der Waals surface area contributed by atoms with Gasteiger partial charge in [0.25, 0.3) is 11.8 Å². The minimum absolute atomic E-state index is 0.0149. The zero-order chi connectivity index (χ0) is 21.9. The van der Waals surface area contributed by atoms with Crippen molar-refractivity contribution in [2.24, 2.45) is 0 Å². The van der Waals surface area contributed by atoms with Crippen LogP contribution >= 0.6 is 23.5 Å². The average Bonchev–Trinajstić information content (AvgIpc) is 2.74. The van der Waals surface area contributed by atoms with E-state index in [-0.39, 0.29) is 24.6 Å². The minimum atomic E-state index is -0.829. The van der Waals surface area contributed by atoms with Crippen molar-refractivity contribution in [2.45, 2.75) is 25.9 Å². The summed E-state index contributed by atoms with van der Waals surface area (Å²) in [6, 6.07) is 2.74. The number of carbonyl (C=O) groups is 4. The number of amides is 2. The second-order valence-electron chi connectivity index (χ2n) is 6.11. The van der Waals surface area contributed by atoms with Crippen LogP contribution in [0.5, 0.6) is 0 Å². The number of hydrogen-bond donors (Lipinski definition) is 2. The van der Waals surface area contributed by atoms with Crippen molar-refractivity contribution in [3.63, 3.8) is 0 Å². The molecule has 0 aromatic carbocycles. The molecule has 0 aliphatic carbocycles. The molecule has 1 aromatic heterocycles. The molecule has 1 aliphatic heterocycles. The van der Waals surface area contributed by atoms with E-state index in [1.165, 1.54) is 41.7 Å². The van der Waals surface area contributed by atoms with Crippen LogP contribution in [0.15, 0.2) is 18.2 Å². The van der Waals surface area contributed by atoms with Crippen molar-refractivity contribution in [3.05, 3.63) is 29.6 Å². The lowest BCUT2D eigenvalue weighted by Crippen LogP contribution is -2.44. The van der Waals surface area contributed by atoms with E-state index in [1.54, 1.807) is 13.8 Å². The highest BCUT2D eigenvalue weighted by Crippen LogP contribution is 2.13. The number of thioether (sulfide) groups is 2. The Balaban J connectivity index is 2.25. The third kappa shape index (κ3) is 7.21. The molecule has 0 radical (unpaired) electrons. The summed E-state index contributed by atoms with van der Waals surface area (Å²) >= 11 is 2.97. The molecule has 2 rings (SSSR count). The SMILES string of the molecule is CCOC(=O)[C@@H]1CSCCSC[C@@H](C(=O)OCC)NC(=O)c2cccc(n2)C(=O)N1. The lowest BCUT2D eigenvalue weighted by Gasteiger charge is -2.17. The lowest BCUT2D eigenvalue weighted by atomic mass is 10.2. The van der Waals surface area contributed by atoms with Gasteiger partial charge in [0.05, 0.1) is 13.2 Å². The molecule has 2 amide bonds. The highest BCUT2D eigenvalue weighted by Gasteiger charge is 2.26. The van der Waals surface area contributed by atoms with Crippen molar-refractivity contribution < 1.29 is 28.7 Å². The Morgan fingerprint density at radius 2 is 1.37 bits per heavy atom. The maximum atomic E-state index is 12.6. The summed E-state index contributed by atoms with van der Waals surface area (Å²) in [7, 11) is 0. The molecule has 1 aromatic rings. The van der Waals surface area contributed by atoms with Gasteiger partial charge in [-0.3, -0.25) is 9.59 Å². The first-order chi connectivity index (χ1) is 14.5. The average molecular weight is 456 g/mol.